The lowest BCUT2D eigenvalue weighted by Crippen LogP contribution is -2.29. The molecule has 1 aromatic heterocycles. The van der Waals surface area contributed by atoms with E-state index in [-0.39, 0.29) is 18.9 Å². The van der Waals surface area contributed by atoms with Gasteiger partial charge in [0, 0.05) is 59.8 Å². The van der Waals surface area contributed by atoms with Crippen LogP contribution >= 0.6 is 11.8 Å². The number of piperidine rings is 1. The lowest BCUT2D eigenvalue weighted by atomic mass is 10.0. The molecule has 1 fully saturated rings. The molecule has 240 valence electrons. The van der Waals surface area contributed by atoms with E-state index in [9.17, 15) is 22.8 Å². The van der Waals surface area contributed by atoms with Crippen molar-refractivity contribution >= 4 is 40.7 Å². The zero-order chi connectivity index (χ0) is 32.5. The summed E-state index contributed by atoms with van der Waals surface area (Å²) in [7, 11) is 0. The highest BCUT2D eigenvalue weighted by Gasteiger charge is 2.30. The molecule has 2 heterocycles. The Morgan fingerprint density at radius 1 is 0.913 bits per heavy atom. The maximum absolute atomic E-state index is 13.5. The highest BCUT2D eigenvalue weighted by molar-refractivity contribution is 7.98. The van der Waals surface area contributed by atoms with Crippen LogP contribution in [-0.2, 0) is 23.3 Å². The molecule has 1 saturated heterocycles. The van der Waals surface area contributed by atoms with E-state index in [1.165, 1.54) is 24.2 Å². The molecule has 5 rings (SSSR count). The zero-order valence-corrected chi connectivity index (χ0v) is 26.0. The predicted octanol–water partition coefficient (Wildman–Crippen LogP) is 8.33. The number of pyridine rings is 1. The Kier molecular flexibility index (Phi) is 10.8. The average molecular weight is 649 g/mol. The maximum atomic E-state index is 13.5. The summed E-state index contributed by atoms with van der Waals surface area (Å²) in [4.78, 5) is 31.2. The van der Waals surface area contributed by atoms with Crippen LogP contribution in [-0.4, -0.2) is 40.8 Å². The van der Waals surface area contributed by atoms with Gasteiger partial charge in [0.2, 0.25) is 0 Å². The van der Waals surface area contributed by atoms with Crippen molar-refractivity contribution in [3.8, 4) is 11.3 Å². The molecule has 11 heteroatoms. The number of carboxylic acid groups (broad SMARTS) is 1. The molecule has 7 nitrogen and oxygen atoms in total. The fourth-order valence-corrected chi connectivity index (χ4v) is 6.18. The molecule has 4 aromatic rings. The van der Waals surface area contributed by atoms with Gasteiger partial charge in [0.1, 0.15) is 0 Å². The van der Waals surface area contributed by atoms with E-state index in [0.29, 0.717) is 39.7 Å². The smallest absolute Gasteiger partial charge is 0.416 e. The van der Waals surface area contributed by atoms with Gasteiger partial charge in [-0.1, -0.05) is 24.3 Å². The molecule has 0 spiro atoms. The summed E-state index contributed by atoms with van der Waals surface area (Å²) in [5, 5.41) is 15.1. The number of thioether (sulfide) groups is 1. The Morgan fingerprint density at radius 3 is 2.48 bits per heavy atom. The molecule has 0 atom stereocenters. The summed E-state index contributed by atoms with van der Waals surface area (Å²) in [6, 6.07) is 22.0. The van der Waals surface area contributed by atoms with Crippen LogP contribution in [0.3, 0.4) is 0 Å². The average Bonchev–Trinajstić information content (AvgIpc) is 3.06. The van der Waals surface area contributed by atoms with Gasteiger partial charge in [0.25, 0.3) is 5.91 Å². The molecular formula is C35H35F3N4O3S. The number of nitrogens with zero attached hydrogens (tertiary/aromatic N) is 2. The minimum atomic E-state index is -4.41. The summed E-state index contributed by atoms with van der Waals surface area (Å²) in [5.41, 5.74) is 4.81. The van der Waals surface area contributed by atoms with Gasteiger partial charge in [-0.05, 0) is 85.0 Å². The first-order valence-corrected chi connectivity index (χ1v) is 16.3. The number of nitrogens with one attached hydrogen (secondary N) is 2. The number of halogens is 3. The molecule has 3 aromatic carbocycles. The van der Waals surface area contributed by atoms with Crippen molar-refractivity contribution in [1.82, 2.24) is 4.98 Å². The lowest BCUT2D eigenvalue weighted by molar-refractivity contribution is -0.138. The minimum absolute atomic E-state index is 0.0804. The third-order valence-electron chi connectivity index (χ3n) is 7.68. The third-order valence-corrected chi connectivity index (χ3v) is 8.71. The second-order valence-electron chi connectivity index (χ2n) is 11.1. The monoisotopic (exact) mass is 648 g/mol. The molecule has 3 N–H and O–H groups in total. The second kappa shape index (κ2) is 15.2. The number of hydrogen-bond acceptors (Lipinski definition) is 6. The van der Waals surface area contributed by atoms with Gasteiger partial charge in [-0.15, -0.1) is 0 Å². The van der Waals surface area contributed by atoms with Gasteiger partial charge in [-0.2, -0.15) is 24.9 Å². The maximum Gasteiger partial charge on any atom is 0.416 e. The fraction of sp³-hybridized carbons (Fsp3) is 0.286. The second-order valence-corrected chi connectivity index (χ2v) is 12.2. The van der Waals surface area contributed by atoms with Crippen LogP contribution in [0.15, 0.2) is 85.1 Å². The zero-order valence-electron chi connectivity index (χ0n) is 25.1. The van der Waals surface area contributed by atoms with E-state index in [0.717, 1.165) is 54.9 Å². The van der Waals surface area contributed by atoms with Crippen LogP contribution in [0, 0.1) is 0 Å². The van der Waals surface area contributed by atoms with Gasteiger partial charge in [-0.3, -0.25) is 14.6 Å². The van der Waals surface area contributed by atoms with Crippen molar-refractivity contribution < 1.29 is 27.9 Å². The third kappa shape index (κ3) is 9.03. The minimum Gasteiger partial charge on any atom is -0.481 e. The first kappa shape index (κ1) is 32.9. The van der Waals surface area contributed by atoms with E-state index < -0.39 is 17.7 Å². The van der Waals surface area contributed by atoms with Crippen molar-refractivity contribution in [1.29, 1.82) is 0 Å². The molecular weight excluding hydrogens is 613 g/mol. The summed E-state index contributed by atoms with van der Waals surface area (Å²) in [6.07, 6.45) is 0.696. The molecule has 46 heavy (non-hydrogen) atoms. The standard InChI is InChI=1S/C35H35F3N4O3S/c36-35(37,38)27-9-5-6-24(19-27)22-40-28-12-14-39-32(20-28)30-21-29(42-15-2-1-3-16-42)10-11-31(30)41-34(45)26-8-4-7-25(18-26)23-46-17-13-33(43)44/h4-12,14,18-21H,1-3,13,15-17,22-23H2,(H,39,40)(H,41,45)(H,43,44). The summed E-state index contributed by atoms with van der Waals surface area (Å²) in [5.74, 6) is -0.0502. The van der Waals surface area contributed by atoms with Crippen molar-refractivity contribution in [3.63, 3.8) is 0 Å². The van der Waals surface area contributed by atoms with Crippen LogP contribution < -0.4 is 15.5 Å². The van der Waals surface area contributed by atoms with Crippen molar-refractivity contribution in [2.45, 2.75) is 44.2 Å². The summed E-state index contributed by atoms with van der Waals surface area (Å²) < 4.78 is 39.6. The Balaban J connectivity index is 1.37. The number of anilines is 3. The van der Waals surface area contributed by atoms with Gasteiger partial charge in [-0.25, -0.2) is 0 Å². The Labute approximate surface area is 270 Å². The number of alkyl halides is 3. The first-order chi connectivity index (χ1) is 22.2. The van der Waals surface area contributed by atoms with Gasteiger partial charge in [0.15, 0.2) is 0 Å². The van der Waals surface area contributed by atoms with E-state index in [1.54, 1.807) is 30.5 Å². The van der Waals surface area contributed by atoms with E-state index in [2.05, 4.69) is 20.5 Å². The number of rotatable bonds is 12. The number of carbonyl (C=O) groups is 2. The van der Waals surface area contributed by atoms with Crippen LogP contribution in [0.2, 0.25) is 0 Å². The Morgan fingerprint density at radius 2 is 1.70 bits per heavy atom. The molecule has 1 amide bonds. The number of carbonyl (C=O) groups excluding carboxylic acids is 1. The summed E-state index contributed by atoms with van der Waals surface area (Å²) in [6.45, 7) is 2.07. The van der Waals surface area contributed by atoms with E-state index >= 15 is 0 Å². The van der Waals surface area contributed by atoms with Crippen molar-refractivity contribution in [2.75, 3.05) is 34.4 Å². The SMILES string of the molecule is O=C(O)CCSCc1cccc(C(=O)Nc2ccc(N3CCCCC3)cc2-c2cc(NCc3cccc(C(F)(F)F)c3)ccn2)c1. The van der Waals surface area contributed by atoms with Crippen LogP contribution in [0.4, 0.5) is 30.2 Å². The number of amides is 1. The summed E-state index contributed by atoms with van der Waals surface area (Å²) >= 11 is 1.50. The van der Waals surface area contributed by atoms with Gasteiger partial charge in [0.05, 0.1) is 23.4 Å². The fourth-order valence-electron chi connectivity index (χ4n) is 5.30. The number of aliphatic carboxylic acids is 1. The molecule has 0 aliphatic carbocycles. The van der Waals surface area contributed by atoms with Crippen molar-refractivity contribution in [2.24, 2.45) is 0 Å². The number of hydrogen-bond donors (Lipinski definition) is 3. The van der Waals surface area contributed by atoms with Crippen molar-refractivity contribution in [3.05, 3.63) is 107 Å². The molecule has 1 aliphatic rings. The van der Waals surface area contributed by atoms with Crippen LogP contribution in [0.25, 0.3) is 11.3 Å². The Hall–Kier alpha value is -4.51. The molecule has 0 unspecified atom stereocenters. The Bertz CT molecular complexity index is 1680. The normalized spacial score (nSPS) is 13.3. The number of aromatic nitrogens is 1. The predicted molar refractivity (Wildman–Crippen MR) is 177 cm³/mol. The molecule has 0 saturated carbocycles. The van der Waals surface area contributed by atoms with Gasteiger partial charge >= 0.3 is 12.1 Å². The topological polar surface area (TPSA) is 94.6 Å². The largest absolute Gasteiger partial charge is 0.481 e. The van der Waals surface area contributed by atoms with Crippen LogP contribution in [0.1, 0.15) is 52.7 Å². The van der Waals surface area contributed by atoms with E-state index in [1.807, 2.05) is 36.4 Å². The number of benzene rings is 3. The molecule has 0 bridgehead atoms. The lowest BCUT2D eigenvalue weighted by Gasteiger charge is -2.29. The highest BCUT2D eigenvalue weighted by atomic mass is 32.2. The quantitative estimate of drug-likeness (QED) is 0.133. The first-order valence-electron chi connectivity index (χ1n) is 15.1. The van der Waals surface area contributed by atoms with Crippen LogP contribution in [0.5, 0.6) is 0 Å². The molecule has 1 aliphatic heterocycles. The van der Waals surface area contributed by atoms with E-state index in [4.69, 9.17) is 5.11 Å². The van der Waals surface area contributed by atoms with Gasteiger partial charge < -0.3 is 20.6 Å². The number of carboxylic acids is 1. The highest BCUT2D eigenvalue weighted by Crippen LogP contribution is 2.34. The molecule has 0 radical (unpaired) electrons.